The van der Waals surface area contributed by atoms with Crippen molar-refractivity contribution < 1.29 is 64.6 Å². The van der Waals surface area contributed by atoms with Crippen LogP contribution < -0.4 is 0 Å². The average Bonchev–Trinajstić information content (AvgIpc) is 1.56. The first-order valence-corrected chi connectivity index (χ1v) is 46.0. The molecule has 0 radical (unpaired) electrons. The van der Waals surface area contributed by atoms with Gasteiger partial charge in [0.05, 0.1) is 18.6 Å². The zero-order valence-electron chi connectivity index (χ0n) is 67.6. The fraction of sp³-hybridized carbons (Fsp3) is 0.989. The fourth-order valence-electron chi connectivity index (χ4n) is 17.3. The Morgan fingerprint density at radius 2 is 0.544 bits per heavy atom. The van der Waals surface area contributed by atoms with Crippen LogP contribution in [-0.2, 0) is 23.7 Å². The Labute approximate surface area is 634 Å². The van der Waals surface area contributed by atoms with Gasteiger partial charge in [0, 0.05) is 0 Å². The van der Waals surface area contributed by atoms with E-state index < -0.39 is 92.6 Å². The van der Waals surface area contributed by atoms with Gasteiger partial charge < -0.3 is 59.8 Å². The lowest BCUT2D eigenvalue weighted by Gasteiger charge is -2.44. The van der Waals surface area contributed by atoms with Gasteiger partial charge in [-0.1, -0.05) is 431 Å². The minimum Gasteiger partial charge on any atom is -0.463 e. The van der Waals surface area contributed by atoms with Gasteiger partial charge in [-0.15, -0.1) is 0 Å². The minimum atomic E-state index is -1.82. The van der Waals surface area contributed by atoms with Gasteiger partial charge in [0.2, 0.25) is 0 Å². The topological polar surface area (TPSA) is 216 Å². The second-order valence-electron chi connectivity index (χ2n) is 34.3. The van der Waals surface area contributed by atoms with Crippen molar-refractivity contribution in [3.8, 4) is 0 Å². The molecular formula is C90H172O13. The average molecular weight is 1460 g/mol. The van der Waals surface area contributed by atoms with Crippen LogP contribution >= 0.6 is 0 Å². The normalized spacial score (nSPS) is 25.4. The SMILES string of the molecule is CCCCCCCCCCCCCCCCCCCCCCCC[C@@H](C(=O)OC[C@H]1O[C@H](O[C@H]2O[C@H](CO)[C@@H](O)[C@H](O)[C@H]2O)[C@H](O)[C@@H](O)[C@@H]1O)[C@H](O)CCCCCCCCCCC[C@@H]1C[C@@H]1CCCCCCCCCCCCCC[C@@H]1C[C@@H]1CCCCCCCCCCCCCCCCCCCC. The molecule has 0 spiro atoms. The molecule has 0 aromatic heterocycles. The van der Waals surface area contributed by atoms with E-state index in [4.69, 9.17) is 18.9 Å². The highest BCUT2D eigenvalue weighted by atomic mass is 16.8. The standard InChI is InChI=1S/C90H172O13/c1-3-5-7-9-11-13-15-17-19-21-23-24-25-26-28-30-32-38-44-50-56-62-68-78(88(99)100-73-81-83(94)85(96)87(98)90(102-81)103-89-86(97)84(95)82(93)80(72-91)101-89)79(92)69-63-57-51-45-39-43-49-55-61-67-77-71-76(77)66-60-54-48-42-37-34-33-36-41-47-53-59-65-75-70-74(75)64-58-52-46-40-35-31-29-27-22-20-18-16-14-12-10-8-6-4-2/h74-87,89-98H,3-73H2,1-2H3/t74-,75+,76-,77+,78+,79+,80+,81+,82+,83+,84-,85-,86+,87+,89+,90+/m0/s1. The van der Waals surface area contributed by atoms with E-state index >= 15 is 0 Å². The van der Waals surface area contributed by atoms with Crippen molar-refractivity contribution in [3.63, 3.8) is 0 Å². The summed E-state index contributed by atoms with van der Waals surface area (Å²) in [6.45, 7) is 3.38. The summed E-state index contributed by atoms with van der Waals surface area (Å²) in [5.41, 5.74) is 0. The molecule has 2 aliphatic carbocycles. The Bertz CT molecular complexity index is 1860. The van der Waals surface area contributed by atoms with Gasteiger partial charge in [0.1, 0.15) is 55.4 Å². The van der Waals surface area contributed by atoms with Crippen LogP contribution in [0.3, 0.4) is 0 Å². The number of aliphatic hydroxyl groups excluding tert-OH is 8. The Balaban J connectivity index is 0.941. The number of ether oxygens (including phenoxy) is 4. The molecule has 2 aliphatic heterocycles. The van der Waals surface area contributed by atoms with Gasteiger partial charge in [-0.05, 0) is 49.4 Å². The largest absolute Gasteiger partial charge is 0.463 e. The van der Waals surface area contributed by atoms with Gasteiger partial charge in [-0.3, -0.25) is 4.79 Å². The molecule has 13 nitrogen and oxygen atoms in total. The van der Waals surface area contributed by atoms with Crippen LogP contribution in [0, 0.1) is 29.6 Å². The summed E-state index contributed by atoms with van der Waals surface area (Å²) < 4.78 is 22.5. The molecule has 2 heterocycles. The van der Waals surface area contributed by atoms with Crippen molar-refractivity contribution in [2.45, 2.75) is 524 Å². The summed E-state index contributed by atoms with van der Waals surface area (Å²) in [6, 6.07) is 0. The summed E-state index contributed by atoms with van der Waals surface area (Å²) in [7, 11) is 0. The van der Waals surface area contributed by atoms with Crippen molar-refractivity contribution in [3.05, 3.63) is 0 Å². The van der Waals surface area contributed by atoms with E-state index in [9.17, 15) is 45.6 Å². The first-order chi connectivity index (χ1) is 50.5. The maximum atomic E-state index is 13.9. The number of carbonyl (C=O) groups is 1. The Hall–Kier alpha value is -0.970. The van der Waals surface area contributed by atoms with Gasteiger partial charge in [-0.25, -0.2) is 0 Å². The monoisotopic (exact) mass is 1460 g/mol. The van der Waals surface area contributed by atoms with E-state index in [0.29, 0.717) is 12.8 Å². The smallest absolute Gasteiger partial charge is 0.311 e. The van der Waals surface area contributed by atoms with Gasteiger partial charge in [0.15, 0.2) is 12.6 Å². The third kappa shape index (κ3) is 47.1. The van der Waals surface area contributed by atoms with Crippen LogP contribution in [0.5, 0.6) is 0 Å². The molecule has 0 bridgehead atoms. The van der Waals surface area contributed by atoms with Crippen molar-refractivity contribution >= 4 is 5.97 Å². The lowest BCUT2D eigenvalue weighted by molar-refractivity contribution is -0.376. The number of unbranched alkanes of at least 4 members (excludes halogenated alkanes) is 57. The quantitative estimate of drug-likeness (QED) is 0.0210. The molecule has 4 rings (SSSR count). The summed E-state index contributed by atoms with van der Waals surface area (Å²) in [6.07, 6.45) is 75.4. The van der Waals surface area contributed by atoms with Crippen molar-refractivity contribution in [1.82, 2.24) is 0 Å². The first kappa shape index (κ1) is 94.4. The molecule has 8 N–H and O–H groups in total. The number of aliphatic hydroxyl groups is 8. The second-order valence-corrected chi connectivity index (χ2v) is 34.3. The molecule has 0 aromatic rings. The molecule has 2 saturated carbocycles. The minimum absolute atomic E-state index is 0.457. The number of hydrogen-bond acceptors (Lipinski definition) is 13. The number of hydrogen-bond donors (Lipinski definition) is 8. The molecule has 103 heavy (non-hydrogen) atoms. The van der Waals surface area contributed by atoms with E-state index in [2.05, 4.69) is 13.8 Å². The lowest BCUT2D eigenvalue weighted by atomic mass is 9.91. The third-order valence-corrected chi connectivity index (χ3v) is 24.9. The van der Waals surface area contributed by atoms with Crippen LogP contribution in [0.25, 0.3) is 0 Å². The van der Waals surface area contributed by atoms with Crippen molar-refractivity contribution in [1.29, 1.82) is 0 Å². The molecule has 610 valence electrons. The fourth-order valence-corrected chi connectivity index (χ4v) is 17.3. The summed E-state index contributed by atoms with van der Waals surface area (Å²) in [4.78, 5) is 13.9. The van der Waals surface area contributed by atoms with E-state index in [-0.39, 0.29) is 0 Å². The van der Waals surface area contributed by atoms with Crippen molar-refractivity contribution in [2.75, 3.05) is 13.2 Å². The highest BCUT2D eigenvalue weighted by Gasteiger charge is 2.50. The zero-order chi connectivity index (χ0) is 73.8. The zero-order valence-corrected chi connectivity index (χ0v) is 67.6. The predicted molar refractivity (Wildman–Crippen MR) is 426 cm³/mol. The van der Waals surface area contributed by atoms with E-state index in [1.54, 1.807) is 6.42 Å². The third-order valence-electron chi connectivity index (χ3n) is 24.9. The molecule has 13 heteroatoms. The van der Waals surface area contributed by atoms with Crippen LogP contribution in [0.4, 0.5) is 0 Å². The Kier molecular flexibility index (Phi) is 59.3. The van der Waals surface area contributed by atoms with Crippen LogP contribution in [0.2, 0.25) is 0 Å². The van der Waals surface area contributed by atoms with Crippen LogP contribution in [-0.4, -0.2) is 128 Å². The van der Waals surface area contributed by atoms with Crippen molar-refractivity contribution in [2.24, 2.45) is 29.6 Å². The van der Waals surface area contributed by atoms with Crippen LogP contribution in [0.15, 0.2) is 0 Å². The summed E-state index contributed by atoms with van der Waals surface area (Å²) in [5.74, 6) is 2.78. The Morgan fingerprint density at radius 1 is 0.311 bits per heavy atom. The van der Waals surface area contributed by atoms with Gasteiger partial charge in [0.25, 0.3) is 0 Å². The van der Waals surface area contributed by atoms with Gasteiger partial charge in [-0.2, -0.15) is 0 Å². The highest BCUT2D eigenvalue weighted by molar-refractivity contribution is 5.73. The Morgan fingerprint density at radius 3 is 0.816 bits per heavy atom. The maximum absolute atomic E-state index is 13.9. The molecule has 2 saturated heterocycles. The lowest BCUT2D eigenvalue weighted by Crippen LogP contribution is -2.63. The summed E-state index contributed by atoms with van der Waals surface area (Å²) >= 11 is 0. The number of esters is 1. The molecule has 4 aliphatic rings. The van der Waals surface area contributed by atoms with Crippen LogP contribution in [0.1, 0.15) is 457 Å². The molecule has 0 unspecified atom stereocenters. The van der Waals surface area contributed by atoms with Gasteiger partial charge >= 0.3 is 5.97 Å². The number of carbonyl (C=O) groups excluding carboxylic acids is 1. The molecule has 0 aromatic carbocycles. The molecular weight excluding hydrogens is 1290 g/mol. The molecule has 4 fully saturated rings. The summed E-state index contributed by atoms with van der Waals surface area (Å²) in [5, 5.41) is 84.6. The maximum Gasteiger partial charge on any atom is 0.311 e. The predicted octanol–water partition coefficient (Wildman–Crippen LogP) is 22.6. The van der Waals surface area contributed by atoms with E-state index in [1.165, 1.54) is 379 Å². The molecule has 16 atom stereocenters. The van der Waals surface area contributed by atoms with E-state index in [0.717, 1.165) is 68.6 Å². The molecule has 0 amide bonds. The number of rotatable bonds is 76. The van der Waals surface area contributed by atoms with E-state index in [1.807, 2.05) is 0 Å². The highest BCUT2D eigenvalue weighted by Crippen LogP contribution is 2.47. The first-order valence-electron chi connectivity index (χ1n) is 46.0. The second kappa shape index (κ2) is 64.7.